The van der Waals surface area contributed by atoms with Crippen molar-refractivity contribution in [1.29, 1.82) is 0 Å². The standard InChI is InChI=1S/C16H14N4O2S/c17-12-3-1-11(2-4-12)15-9-16(19-10-18-15)20-13-5-7-14(8-6-13)23(21)22/h1-10H,17H2,(H,21,22)(H,18,19,20)/p-1. The summed E-state index contributed by atoms with van der Waals surface area (Å²) in [5, 5.41) is 3.11. The minimum Gasteiger partial charge on any atom is -0.768 e. The third kappa shape index (κ3) is 3.71. The first-order chi connectivity index (χ1) is 11.1. The van der Waals surface area contributed by atoms with Crippen LogP contribution in [0.2, 0.25) is 0 Å². The third-order valence-corrected chi connectivity index (χ3v) is 3.85. The molecule has 0 bridgehead atoms. The van der Waals surface area contributed by atoms with Gasteiger partial charge >= 0.3 is 0 Å². The number of nitrogens with one attached hydrogen (secondary N) is 1. The SMILES string of the molecule is Nc1ccc(-c2cc(Nc3ccc(S(=O)[O-])cc3)ncn2)cc1. The molecule has 6 nitrogen and oxygen atoms in total. The summed E-state index contributed by atoms with van der Waals surface area (Å²) < 4.78 is 21.7. The maximum absolute atomic E-state index is 10.8. The Balaban J connectivity index is 1.82. The van der Waals surface area contributed by atoms with E-state index in [1.807, 2.05) is 30.3 Å². The number of nitrogen functional groups attached to an aromatic ring is 1. The molecule has 7 heteroatoms. The van der Waals surface area contributed by atoms with Crippen LogP contribution < -0.4 is 11.1 Å². The average Bonchev–Trinajstić information content (AvgIpc) is 2.56. The van der Waals surface area contributed by atoms with Gasteiger partial charge in [0.1, 0.15) is 12.1 Å². The Morgan fingerprint density at radius 1 is 1.00 bits per heavy atom. The molecule has 0 amide bonds. The number of nitrogens with zero attached hydrogens (tertiary/aromatic N) is 2. The Morgan fingerprint density at radius 3 is 2.35 bits per heavy atom. The molecule has 23 heavy (non-hydrogen) atoms. The summed E-state index contributed by atoms with van der Waals surface area (Å²) in [6, 6.07) is 15.6. The number of hydrogen-bond donors (Lipinski definition) is 2. The van der Waals surface area contributed by atoms with E-state index in [4.69, 9.17) is 5.73 Å². The Morgan fingerprint density at radius 2 is 1.70 bits per heavy atom. The molecule has 0 spiro atoms. The molecule has 1 aromatic heterocycles. The predicted molar refractivity (Wildman–Crippen MR) is 88.8 cm³/mol. The van der Waals surface area contributed by atoms with Crippen molar-refractivity contribution in [2.45, 2.75) is 4.90 Å². The first kappa shape index (κ1) is 15.1. The molecule has 0 saturated heterocycles. The fourth-order valence-corrected chi connectivity index (χ4v) is 2.39. The van der Waals surface area contributed by atoms with E-state index < -0.39 is 11.1 Å². The normalized spacial score (nSPS) is 11.9. The van der Waals surface area contributed by atoms with E-state index in [1.165, 1.54) is 18.5 Å². The van der Waals surface area contributed by atoms with Crippen LogP contribution in [-0.2, 0) is 11.1 Å². The van der Waals surface area contributed by atoms with E-state index in [0.29, 0.717) is 11.5 Å². The minimum atomic E-state index is -2.23. The summed E-state index contributed by atoms with van der Waals surface area (Å²) in [6.07, 6.45) is 1.47. The molecule has 2 aromatic carbocycles. The molecule has 0 aliphatic rings. The van der Waals surface area contributed by atoms with Crippen molar-refractivity contribution in [1.82, 2.24) is 9.97 Å². The van der Waals surface area contributed by atoms with Gasteiger partial charge in [-0.15, -0.1) is 0 Å². The highest BCUT2D eigenvalue weighted by molar-refractivity contribution is 7.79. The Labute approximate surface area is 135 Å². The first-order valence-corrected chi connectivity index (χ1v) is 7.83. The minimum absolute atomic E-state index is 0.237. The van der Waals surface area contributed by atoms with Gasteiger partial charge in [0, 0.05) is 27.9 Å². The second-order valence-electron chi connectivity index (χ2n) is 4.79. The fraction of sp³-hybridized carbons (Fsp3) is 0. The number of aromatic nitrogens is 2. The lowest BCUT2D eigenvalue weighted by Gasteiger charge is -2.09. The highest BCUT2D eigenvalue weighted by atomic mass is 32.2. The van der Waals surface area contributed by atoms with E-state index in [2.05, 4.69) is 15.3 Å². The van der Waals surface area contributed by atoms with Crippen molar-refractivity contribution >= 4 is 28.3 Å². The van der Waals surface area contributed by atoms with Crippen LogP contribution in [0.25, 0.3) is 11.3 Å². The zero-order valence-corrected chi connectivity index (χ0v) is 12.8. The number of rotatable bonds is 4. The van der Waals surface area contributed by atoms with Crippen LogP contribution in [0, 0.1) is 0 Å². The lowest BCUT2D eigenvalue weighted by Crippen LogP contribution is -1.96. The van der Waals surface area contributed by atoms with Crippen LogP contribution in [-0.4, -0.2) is 18.7 Å². The molecule has 0 aliphatic carbocycles. The maximum Gasteiger partial charge on any atom is 0.134 e. The summed E-state index contributed by atoms with van der Waals surface area (Å²) >= 11 is -2.23. The Kier molecular flexibility index (Phi) is 4.31. The quantitative estimate of drug-likeness (QED) is 0.564. The fourth-order valence-electron chi connectivity index (χ4n) is 2.03. The average molecular weight is 325 g/mol. The highest BCUT2D eigenvalue weighted by Gasteiger charge is 2.03. The lowest BCUT2D eigenvalue weighted by molar-refractivity contribution is 0.537. The molecule has 0 fully saturated rings. The molecule has 0 radical (unpaired) electrons. The van der Waals surface area contributed by atoms with Crippen molar-refractivity contribution in [3.63, 3.8) is 0 Å². The third-order valence-electron chi connectivity index (χ3n) is 3.19. The van der Waals surface area contributed by atoms with Gasteiger partial charge < -0.3 is 15.6 Å². The van der Waals surface area contributed by atoms with Crippen LogP contribution in [0.5, 0.6) is 0 Å². The van der Waals surface area contributed by atoms with Crippen LogP contribution in [0.1, 0.15) is 0 Å². The van der Waals surface area contributed by atoms with Crippen LogP contribution in [0.3, 0.4) is 0 Å². The molecule has 3 aromatic rings. The summed E-state index contributed by atoms with van der Waals surface area (Å²) in [5.74, 6) is 0.614. The highest BCUT2D eigenvalue weighted by Crippen LogP contribution is 2.22. The summed E-state index contributed by atoms with van der Waals surface area (Å²) in [5.41, 5.74) is 8.81. The van der Waals surface area contributed by atoms with Crippen LogP contribution >= 0.6 is 0 Å². The molecular formula is C16H13N4O2S-. The molecule has 3 rings (SSSR count). The van der Waals surface area contributed by atoms with Crippen molar-refractivity contribution in [3.05, 3.63) is 60.9 Å². The second-order valence-corrected chi connectivity index (χ2v) is 5.74. The van der Waals surface area contributed by atoms with Gasteiger partial charge in [-0.25, -0.2) is 9.97 Å². The summed E-state index contributed by atoms with van der Waals surface area (Å²) in [4.78, 5) is 8.65. The molecule has 3 N–H and O–H groups in total. The molecule has 0 saturated carbocycles. The number of hydrogen-bond acceptors (Lipinski definition) is 6. The van der Waals surface area contributed by atoms with Gasteiger partial charge in [0.15, 0.2) is 0 Å². The van der Waals surface area contributed by atoms with Crippen LogP contribution in [0.15, 0.2) is 65.8 Å². The first-order valence-electron chi connectivity index (χ1n) is 6.76. The van der Waals surface area contributed by atoms with Gasteiger partial charge in [-0.3, -0.25) is 4.21 Å². The van der Waals surface area contributed by atoms with Gasteiger partial charge in [-0.05, 0) is 47.5 Å². The summed E-state index contributed by atoms with van der Waals surface area (Å²) in [6.45, 7) is 0. The Hall–Kier alpha value is -2.77. The monoisotopic (exact) mass is 325 g/mol. The predicted octanol–water partition coefficient (Wildman–Crippen LogP) is 2.71. The molecule has 1 atom stereocenters. The molecule has 1 heterocycles. The largest absolute Gasteiger partial charge is 0.768 e. The Bertz CT molecular complexity index is 835. The molecular weight excluding hydrogens is 312 g/mol. The van der Waals surface area contributed by atoms with Gasteiger partial charge in [-0.2, -0.15) is 0 Å². The second kappa shape index (κ2) is 6.55. The lowest BCUT2D eigenvalue weighted by atomic mass is 10.1. The number of nitrogens with two attached hydrogens (primary N) is 1. The van der Waals surface area contributed by atoms with Gasteiger partial charge in [0.05, 0.1) is 5.69 Å². The number of benzene rings is 2. The van der Waals surface area contributed by atoms with E-state index in [0.717, 1.165) is 16.9 Å². The zero-order valence-electron chi connectivity index (χ0n) is 12.0. The van der Waals surface area contributed by atoms with Gasteiger partial charge in [0.25, 0.3) is 0 Å². The summed E-state index contributed by atoms with van der Waals surface area (Å²) in [7, 11) is 0. The van der Waals surface area contributed by atoms with Crippen molar-refractivity contribution in [3.8, 4) is 11.3 Å². The topological polar surface area (TPSA) is 104 Å². The smallest absolute Gasteiger partial charge is 0.134 e. The van der Waals surface area contributed by atoms with E-state index >= 15 is 0 Å². The van der Waals surface area contributed by atoms with Gasteiger partial charge in [0.2, 0.25) is 0 Å². The zero-order chi connectivity index (χ0) is 16.2. The van der Waals surface area contributed by atoms with Crippen LogP contribution in [0.4, 0.5) is 17.2 Å². The molecule has 0 aliphatic heterocycles. The molecule has 116 valence electrons. The van der Waals surface area contributed by atoms with E-state index in [1.54, 1.807) is 12.1 Å². The van der Waals surface area contributed by atoms with E-state index in [-0.39, 0.29) is 4.90 Å². The van der Waals surface area contributed by atoms with E-state index in [9.17, 15) is 8.76 Å². The molecule has 1 unspecified atom stereocenters. The number of anilines is 3. The van der Waals surface area contributed by atoms with Gasteiger partial charge in [-0.1, -0.05) is 12.1 Å². The van der Waals surface area contributed by atoms with Crippen molar-refractivity contribution in [2.24, 2.45) is 0 Å². The van der Waals surface area contributed by atoms with Crippen molar-refractivity contribution in [2.75, 3.05) is 11.1 Å². The van der Waals surface area contributed by atoms with Crippen molar-refractivity contribution < 1.29 is 8.76 Å². The maximum atomic E-state index is 10.8.